The minimum atomic E-state index is -4.74. The van der Waals surface area contributed by atoms with E-state index in [1.54, 1.807) is 29.1 Å². The molecule has 4 rings (SSSR count). The molecule has 1 aromatic carbocycles. The maximum Gasteiger partial charge on any atom is 0.573 e. The van der Waals surface area contributed by atoms with E-state index in [-0.39, 0.29) is 23.7 Å². The Morgan fingerprint density at radius 3 is 2.70 bits per heavy atom. The van der Waals surface area contributed by atoms with Crippen molar-refractivity contribution in [3.63, 3.8) is 0 Å². The summed E-state index contributed by atoms with van der Waals surface area (Å²) in [5, 5.41) is 0.609. The zero-order valence-corrected chi connectivity index (χ0v) is 16.7. The largest absolute Gasteiger partial charge is 0.573 e. The van der Waals surface area contributed by atoms with Crippen LogP contribution in [0.4, 0.5) is 13.2 Å². The van der Waals surface area contributed by atoms with E-state index in [1.165, 1.54) is 35.6 Å². The Bertz CT molecular complexity index is 1100. The number of fused-ring (bicyclic) bond motifs is 1. The van der Waals surface area contributed by atoms with Gasteiger partial charge in [-0.15, -0.1) is 24.5 Å². The van der Waals surface area contributed by atoms with Gasteiger partial charge < -0.3 is 9.30 Å². The van der Waals surface area contributed by atoms with E-state index in [0.29, 0.717) is 29.1 Å². The summed E-state index contributed by atoms with van der Waals surface area (Å²) >= 11 is 1.31. The number of aromatic nitrogens is 2. The summed E-state index contributed by atoms with van der Waals surface area (Å²) in [7, 11) is 0. The molecule has 3 aromatic rings. The zero-order chi connectivity index (χ0) is 21.5. The Kier molecular flexibility index (Phi) is 5.01. The van der Waals surface area contributed by atoms with Gasteiger partial charge in [-0.2, -0.15) is 0 Å². The van der Waals surface area contributed by atoms with Crippen LogP contribution in [-0.4, -0.2) is 27.5 Å². The molecule has 1 aliphatic rings. The summed E-state index contributed by atoms with van der Waals surface area (Å²) in [6.07, 6.45) is -0.517. The number of ether oxygens (including phenoxy) is 1. The molecular formula is C21H17F3N2O3S. The molecule has 156 valence electrons. The quantitative estimate of drug-likeness (QED) is 0.566. The Balaban J connectivity index is 1.50. The maximum absolute atomic E-state index is 13.1. The van der Waals surface area contributed by atoms with Crippen molar-refractivity contribution in [3.8, 4) is 16.2 Å². The van der Waals surface area contributed by atoms with Crippen LogP contribution in [0.5, 0.6) is 5.75 Å². The lowest BCUT2D eigenvalue weighted by Gasteiger charge is -2.34. The number of carbonyl (C=O) groups excluding carboxylic acids is 2. The standard InChI is InChI=1S/C21H17F3N2O3S/c1-20(9-8-16(27)15-3-2-10-26(15)20)18(28)11-19-25-12-17(30-19)13-4-6-14(7-5-13)29-21(22,23)24/h2-7,10,12H,8-9,11H2,1H3. The molecule has 0 aliphatic carbocycles. The molecule has 1 unspecified atom stereocenters. The normalized spacial score (nSPS) is 18.9. The number of hydrogen-bond donors (Lipinski definition) is 0. The second-order valence-corrected chi connectivity index (χ2v) is 8.37. The Morgan fingerprint density at radius 2 is 2.00 bits per heavy atom. The second kappa shape index (κ2) is 7.39. The molecule has 0 spiro atoms. The van der Waals surface area contributed by atoms with Crippen molar-refractivity contribution in [3.05, 3.63) is 59.5 Å². The molecular weight excluding hydrogens is 417 g/mol. The van der Waals surface area contributed by atoms with Crippen molar-refractivity contribution in [1.82, 2.24) is 9.55 Å². The van der Waals surface area contributed by atoms with E-state index in [9.17, 15) is 22.8 Å². The maximum atomic E-state index is 13.1. The van der Waals surface area contributed by atoms with Crippen LogP contribution in [0.1, 0.15) is 35.3 Å². The van der Waals surface area contributed by atoms with Crippen LogP contribution >= 0.6 is 11.3 Å². The number of Topliss-reactive ketones (excluding diaryl/α,β-unsaturated/α-hetero) is 2. The molecule has 1 atom stereocenters. The third kappa shape index (κ3) is 3.89. The number of hydrogen-bond acceptors (Lipinski definition) is 5. The lowest BCUT2D eigenvalue weighted by molar-refractivity contribution is -0.274. The smallest absolute Gasteiger partial charge is 0.406 e. The summed E-state index contributed by atoms with van der Waals surface area (Å²) in [5.41, 5.74) is 0.413. The van der Waals surface area contributed by atoms with Crippen LogP contribution < -0.4 is 4.74 Å². The third-order valence-electron chi connectivity index (χ3n) is 5.24. The van der Waals surface area contributed by atoms with Crippen molar-refractivity contribution in [2.75, 3.05) is 0 Å². The summed E-state index contributed by atoms with van der Waals surface area (Å²) in [6.45, 7) is 1.83. The van der Waals surface area contributed by atoms with Gasteiger partial charge in [-0.3, -0.25) is 9.59 Å². The Labute approximate surface area is 174 Å². The molecule has 1 aliphatic heterocycles. The summed E-state index contributed by atoms with van der Waals surface area (Å²) in [4.78, 5) is 30.2. The average Bonchev–Trinajstić information content (AvgIpc) is 3.35. The van der Waals surface area contributed by atoms with Crippen molar-refractivity contribution in [2.24, 2.45) is 0 Å². The highest BCUT2D eigenvalue weighted by Gasteiger charge is 2.40. The van der Waals surface area contributed by atoms with Crippen molar-refractivity contribution < 1.29 is 27.5 Å². The van der Waals surface area contributed by atoms with Gasteiger partial charge in [0.1, 0.15) is 16.3 Å². The number of alkyl halides is 3. The van der Waals surface area contributed by atoms with Crippen LogP contribution in [0.25, 0.3) is 10.4 Å². The van der Waals surface area contributed by atoms with Crippen LogP contribution in [0.15, 0.2) is 48.8 Å². The van der Waals surface area contributed by atoms with Gasteiger partial charge in [0.05, 0.1) is 17.0 Å². The molecule has 0 bridgehead atoms. The number of benzene rings is 1. The van der Waals surface area contributed by atoms with Crippen molar-refractivity contribution >= 4 is 22.9 Å². The highest BCUT2D eigenvalue weighted by Crippen LogP contribution is 2.34. The molecule has 30 heavy (non-hydrogen) atoms. The first-order valence-corrected chi connectivity index (χ1v) is 10.0. The van der Waals surface area contributed by atoms with E-state index in [2.05, 4.69) is 9.72 Å². The van der Waals surface area contributed by atoms with Crippen LogP contribution in [0.2, 0.25) is 0 Å². The fraction of sp³-hybridized carbons (Fsp3) is 0.286. The lowest BCUT2D eigenvalue weighted by atomic mass is 9.84. The van der Waals surface area contributed by atoms with Crippen LogP contribution in [0, 0.1) is 0 Å². The zero-order valence-electron chi connectivity index (χ0n) is 15.9. The molecule has 0 saturated carbocycles. The summed E-state index contributed by atoms with van der Waals surface area (Å²) in [5.74, 6) is -0.310. The first kappa shape index (κ1) is 20.3. The molecule has 5 nitrogen and oxygen atoms in total. The van der Waals surface area contributed by atoms with Gasteiger partial charge in [-0.05, 0) is 55.3 Å². The minimum Gasteiger partial charge on any atom is -0.406 e. The Morgan fingerprint density at radius 1 is 1.27 bits per heavy atom. The van der Waals surface area contributed by atoms with Crippen LogP contribution in [0.3, 0.4) is 0 Å². The summed E-state index contributed by atoms with van der Waals surface area (Å²) in [6, 6.07) is 8.99. The van der Waals surface area contributed by atoms with Gasteiger partial charge in [-0.1, -0.05) is 0 Å². The van der Waals surface area contributed by atoms with E-state index in [4.69, 9.17) is 0 Å². The van der Waals surface area contributed by atoms with Gasteiger partial charge in [-0.25, -0.2) is 4.98 Å². The highest BCUT2D eigenvalue weighted by atomic mass is 32.1. The second-order valence-electron chi connectivity index (χ2n) is 7.25. The fourth-order valence-electron chi connectivity index (χ4n) is 3.59. The predicted octanol–water partition coefficient (Wildman–Crippen LogP) is 5.01. The predicted molar refractivity (Wildman–Crippen MR) is 105 cm³/mol. The van der Waals surface area contributed by atoms with Gasteiger partial charge in [0, 0.05) is 18.8 Å². The molecule has 9 heteroatoms. The Hall–Kier alpha value is -2.94. The van der Waals surface area contributed by atoms with Crippen molar-refractivity contribution in [2.45, 2.75) is 38.1 Å². The topological polar surface area (TPSA) is 61.2 Å². The van der Waals surface area contributed by atoms with Crippen molar-refractivity contribution in [1.29, 1.82) is 0 Å². The van der Waals surface area contributed by atoms with Gasteiger partial charge in [0.15, 0.2) is 11.6 Å². The first-order chi connectivity index (χ1) is 14.2. The van der Waals surface area contributed by atoms with Gasteiger partial charge >= 0.3 is 6.36 Å². The summed E-state index contributed by atoms with van der Waals surface area (Å²) < 4.78 is 42.5. The number of halogens is 3. The highest BCUT2D eigenvalue weighted by molar-refractivity contribution is 7.15. The molecule has 2 aromatic heterocycles. The SMILES string of the molecule is CC1(C(=O)Cc2ncc(-c3ccc(OC(F)(F)F)cc3)s2)CCC(=O)c2cccn21. The van der Waals surface area contributed by atoms with E-state index < -0.39 is 11.9 Å². The molecule has 0 N–H and O–H groups in total. The molecule has 0 fully saturated rings. The fourth-order valence-corrected chi connectivity index (χ4v) is 4.51. The van der Waals surface area contributed by atoms with Gasteiger partial charge in [0.2, 0.25) is 0 Å². The molecule has 0 radical (unpaired) electrons. The average molecular weight is 434 g/mol. The first-order valence-electron chi connectivity index (χ1n) is 9.21. The van der Waals surface area contributed by atoms with Gasteiger partial charge in [0.25, 0.3) is 0 Å². The monoisotopic (exact) mass is 434 g/mol. The van der Waals surface area contributed by atoms with E-state index in [1.807, 2.05) is 6.92 Å². The minimum absolute atomic E-state index is 0.0276. The van der Waals surface area contributed by atoms with E-state index >= 15 is 0 Å². The number of nitrogens with zero attached hydrogens (tertiary/aromatic N) is 2. The molecule has 0 amide bonds. The number of rotatable bonds is 5. The molecule has 0 saturated heterocycles. The number of thiazole rings is 1. The third-order valence-corrected chi connectivity index (χ3v) is 6.29. The number of ketones is 2. The van der Waals surface area contributed by atoms with E-state index in [0.717, 1.165) is 4.88 Å². The lowest BCUT2D eigenvalue weighted by Crippen LogP contribution is -2.44. The number of carbonyl (C=O) groups is 2. The molecule has 3 heterocycles. The van der Waals surface area contributed by atoms with Crippen LogP contribution in [-0.2, 0) is 16.8 Å².